The number of aryl methyl sites for hydroxylation is 1. The summed E-state index contributed by atoms with van der Waals surface area (Å²) in [5.41, 5.74) is 1.10. The van der Waals surface area contributed by atoms with Crippen LogP contribution in [-0.2, 0) is 0 Å². The van der Waals surface area contributed by atoms with Gasteiger partial charge in [0, 0.05) is 10.4 Å². The lowest BCUT2D eigenvalue weighted by Gasteiger charge is -2.08. The zero-order valence-electron chi connectivity index (χ0n) is 7.76. The Labute approximate surface area is 78.8 Å². The van der Waals surface area contributed by atoms with Crippen molar-refractivity contribution in [3.05, 3.63) is 23.7 Å². The Morgan fingerprint density at radius 2 is 2.33 bits per heavy atom. The van der Waals surface area contributed by atoms with Crippen molar-refractivity contribution in [1.82, 2.24) is 0 Å². The van der Waals surface area contributed by atoms with Crippen molar-refractivity contribution in [3.63, 3.8) is 0 Å². The summed E-state index contributed by atoms with van der Waals surface area (Å²) in [5, 5.41) is 0. The smallest absolute Gasteiger partial charge is 0.109 e. The average molecular weight is 182 g/mol. The molecule has 0 fully saturated rings. The minimum Gasteiger partial charge on any atom is -0.469 e. The fourth-order valence-electron chi connectivity index (χ4n) is 1.09. The molecule has 0 saturated carbocycles. The standard InChI is InChI=1S/C10H14OS/c1-4-7(2)10(12)9-5-6-11-8(9)3/h5-7H,4H2,1-3H3. The number of rotatable bonds is 3. The van der Waals surface area contributed by atoms with Crippen LogP contribution in [-0.4, -0.2) is 4.86 Å². The van der Waals surface area contributed by atoms with Crippen LogP contribution in [0.25, 0.3) is 0 Å². The van der Waals surface area contributed by atoms with Gasteiger partial charge in [0.15, 0.2) is 0 Å². The zero-order chi connectivity index (χ0) is 9.14. The normalized spacial score (nSPS) is 12.9. The van der Waals surface area contributed by atoms with Crippen molar-refractivity contribution < 1.29 is 4.42 Å². The summed E-state index contributed by atoms with van der Waals surface area (Å²) in [7, 11) is 0. The Morgan fingerprint density at radius 1 is 1.67 bits per heavy atom. The summed E-state index contributed by atoms with van der Waals surface area (Å²) in [6, 6.07) is 1.95. The van der Waals surface area contributed by atoms with E-state index in [2.05, 4.69) is 13.8 Å². The second kappa shape index (κ2) is 3.85. The highest BCUT2D eigenvalue weighted by molar-refractivity contribution is 7.80. The van der Waals surface area contributed by atoms with Crippen LogP contribution in [0.1, 0.15) is 31.6 Å². The van der Waals surface area contributed by atoms with E-state index in [1.165, 1.54) is 0 Å². The first-order valence-electron chi connectivity index (χ1n) is 4.25. The fraction of sp³-hybridized carbons (Fsp3) is 0.500. The molecule has 1 nitrogen and oxygen atoms in total. The van der Waals surface area contributed by atoms with E-state index in [-0.39, 0.29) is 0 Å². The molecule has 1 atom stereocenters. The van der Waals surface area contributed by atoms with Gasteiger partial charge in [-0.15, -0.1) is 0 Å². The molecule has 12 heavy (non-hydrogen) atoms. The van der Waals surface area contributed by atoms with Gasteiger partial charge in [0.05, 0.1) is 6.26 Å². The van der Waals surface area contributed by atoms with E-state index in [9.17, 15) is 0 Å². The summed E-state index contributed by atoms with van der Waals surface area (Å²) >= 11 is 5.32. The molecule has 0 spiro atoms. The predicted octanol–water partition coefficient (Wildman–Crippen LogP) is 3.35. The molecule has 0 radical (unpaired) electrons. The molecular formula is C10H14OS. The highest BCUT2D eigenvalue weighted by atomic mass is 32.1. The largest absolute Gasteiger partial charge is 0.469 e. The summed E-state index contributed by atoms with van der Waals surface area (Å²) in [5.74, 6) is 1.40. The van der Waals surface area contributed by atoms with Gasteiger partial charge in [0.2, 0.25) is 0 Å². The van der Waals surface area contributed by atoms with Gasteiger partial charge < -0.3 is 4.42 Å². The first-order valence-corrected chi connectivity index (χ1v) is 4.66. The highest BCUT2D eigenvalue weighted by Gasteiger charge is 2.12. The third-order valence-corrected chi connectivity index (χ3v) is 2.81. The lowest BCUT2D eigenvalue weighted by molar-refractivity contribution is 0.533. The van der Waals surface area contributed by atoms with Crippen LogP contribution in [0.5, 0.6) is 0 Å². The molecule has 1 aromatic rings. The fourth-order valence-corrected chi connectivity index (χ4v) is 1.47. The summed E-state index contributed by atoms with van der Waals surface area (Å²) in [6.45, 7) is 6.24. The van der Waals surface area contributed by atoms with E-state index in [4.69, 9.17) is 16.6 Å². The molecule has 0 amide bonds. The van der Waals surface area contributed by atoms with Gasteiger partial charge in [-0.25, -0.2) is 0 Å². The van der Waals surface area contributed by atoms with Crippen molar-refractivity contribution in [2.24, 2.45) is 5.92 Å². The first kappa shape index (κ1) is 9.46. The van der Waals surface area contributed by atoms with Crippen LogP contribution in [0.4, 0.5) is 0 Å². The molecule has 1 aromatic heterocycles. The maximum Gasteiger partial charge on any atom is 0.109 e. The van der Waals surface area contributed by atoms with Gasteiger partial charge in [-0.2, -0.15) is 0 Å². The van der Waals surface area contributed by atoms with Gasteiger partial charge in [-0.05, 0) is 25.3 Å². The molecule has 0 aromatic carbocycles. The number of furan rings is 1. The van der Waals surface area contributed by atoms with E-state index in [0.717, 1.165) is 22.6 Å². The van der Waals surface area contributed by atoms with Crippen molar-refractivity contribution in [2.75, 3.05) is 0 Å². The third-order valence-electron chi connectivity index (χ3n) is 2.18. The Balaban J connectivity index is 2.85. The van der Waals surface area contributed by atoms with E-state index >= 15 is 0 Å². The molecule has 0 bridgehead atoms. The predicted molar refractivity (Wildman–Crippen MR) is 54.6 cm³/mol. The molecule has 1 rings (SSSR count). The van der Waals surface area contributed by atoms with Crippen LogP contribution >= 0.6 is 12.2 Å². The Morgan fingerprint density at radius 3 is 2.75 bits per heavy atom. The van der Waals surface area contributed by atoms with E-state index in [1.807, 2.05) is 13.0 Å². The van der Waals surface area contributed by atoms with Crippen LogP contribution in [0.15, 0.2) is 16.7 Å². The summed E-state index contributed by atoms with van der Waals surface area (Å²) in [4.78, 5) is 1.02. The topological polar surface area (TPSA) is 13.1 Å². The Bertz CT molecular complexity index is 275. The molecule has 0 N–H and O–H groups in total. The maximum atomic E-state index is 5.32. The van der Waals surface area contributed by atoms with Gasteiger partial charge in [-0.1, -0.05) is 26.1 Å². The third kappa shape index (κ3) is 1.75. The van der Waals surface area contributed by atoms with E-state index in [0.29, 0.717) is 5.92 Å². The first-order chi connectivity index (χ1) is 5.66. The van der Waals surface area contributed by atoms with Gasteiger partial charge in [0.1, 0.15) is 5.76 Å². The van der Waals surface area contributed by atoms with Crippen molar-refractivity contribution in [2.45, 2.75) is 27.2 Å². The minimum absolute atomic E-state index is 0.469. The van der Waals surface area contributed by atoms with Gasteiger partial charge >= 0.3 is 0 Å². The Hall–Kier alpha value is -0.630. The molecule has 1 heterocycles. The lowest BCUT2D eigenvalue weighted by atomic mass is 9.99. The number of hydrogen-bond donors (Lipinski definition) is 0. The van der Waals surface area contributed by atoms with Crippen LogP contribution < -0.4 is 0 Å². The molecule has 2 heteroatoms. The van der Waals surface area contributed by atoms with Crippen molar-refractivity contribution in [1.29, 1.82) is 0 Å². The van der Waals surface area contributed by atoms with Gasteiger partial charge in [-0.3, -0.25) is 0 Å². The quantitative estimate of drug-likeness (QED) is 0.525. The van der Waals surface area contributed by atoms with Crippen LogP contribution in [0.3, 0.4) is 0 Å². The second-order valence-electron chi connectivity index (χ2n) is 3.06. The number of thiocarbonyl (C=S) groups is 1. The molecule has 0 aliphatic rings. The Kier molecular flexibility index (Phi) is 3.04. The summed E-state index contributed by atoms with van der Waals surface area (Å²) in [6.07, 6.45) is 2.78. The molecule has 0 aliphatic heterocycles. The SMILES string of the molecule is CCC(C)C(=S)c1ccoc1C. The summed E-state index contributed by atoms with van der Waals surface area (Å²) < 4.78 is 5.19. The number of hydrogen-bond acceptors (Lipinski definition) is 2. The van der Waals surface area contributed by atoms with Crippen molar-refractivity contribution in [3.8, 4) is 0 Å². The van der Waals surface area contributed by atoms with Gasteiger partial charge in [0.25, 0.3) is 0 Å². The maximum absolute atomic E-state index is 5.32. The molecule has 0 aliphatic carbocycles. The zero-order valence-corrected chi connectivity index (χ0v) is 8.57. The van der Waals surface area contributed by atoms with E-state index < -0.39 is 0 Å². The highest BCUT2D eigenvalue weighted by Crippen LogP contribution is 2.17. The molecular weight excluding hydrogens is 168 g/mol. The van der Waals surface area contributed by atoms with Crippen LogP contribution in [0, 0.1) is 12.8 Å². The molecule has 0 saturated heterocycles. The van der Waals surface area contributed by atoms with Crippen LogP contribution in [0.2, 0.25) is 0 Å². The molecule has 66 valence electrons. The second-order valence-corrected chi connectivity index (χ2v) is 3.50. The molecule has 1 unspecified atom stereocenters. The lowest BCUT2D eigenvalue weighted by Crippen LogP contribution is -2.08. The van der Waals surface area contributed by atoms with Crippen molar-refractivity contribution >= 4 is 17.1 Å². The average Bonchev–Trinajstić information content (AvgIpc) is 2.48. The van der Waals surface area contributed by atoms with E-state index in [1.54, 1.807) is 6.26 Å². The minimum atomic E-state index is 0.469. The monoisotopic (exact) mass is 182 g/mol.